The number of benzene rings is 2. The second-order valence-corrected chi connectivity index (χ2v) is 5.87. The van der Waals surface area contributed by atoms with Gasteiger partial charge in [-0.15, -0.1) is 0 Å². The first-order valence-corrected chi connectivity index (χ1v) is 7.45. The summed E-state index contributed by atoms with van der Waals surface area (Å²) in [6.07, 6.45) is 0. The molecule has 0 saturated heterocycles. The molecule has 0 aliphatic carbocycles. The fourth-order valence-electron chi connectivity index (χ4n) is 2.34. The third kappa shape index (κ3) is 3.19. The standard InChI is InChI=1S/C16H15BrN2O2/c1-11(20)18-14-4-7-16-12(8-14)9-19(10-21-16)15-5-2-13(17)3-6-15/h2-8H,9-10H2,1H3,(H,18,20). The number of halogens is 1. The van der Waals surface area contributed by atoms with Gasteiger partial charge in [0.05, 0.1) is 0 Å². The molecule has 1 N–H and O–H groups in total. The molecule has 5 heteroatoms. The van der Waals surface area contributed by atoms with Gasteiger partial charge in [0, 0.05) is 34.9 Å². The number of carbonyl (C=O) groups is 1. The lowest BCUT2D eigenvalue weighted by Gasteiger charge is -2.31. The number of carbonyl (C=O) groups excluding carboxylic acids is 1. The summed E-state index contributed by atoms with van der Waals surface area (Å²) in [5.74, 6) is 0.800. The van der Waals surface area contributed by atoms with Crippen molar-refractivity contribution >= 4 is 33.2 Å². The van der Waals surface area contributed by atoms with E-state index in [0.29, 0.717) is 6.73 Å². The van der Waals surface area contributed by atoms with Crippen LogP contribution in [0.5, 0.6) is 5.75 Å². The van der Waals surface area contributed by atoms with Gasteiger partial charge in [-0.2, -0.15) is 0 Å². The van der Waals surface area contributed by atoms with E-state index in [0.717, 1.165) is 33.7 Å². The van der Waals surface area contributed by atoms with Gasteiger partial charge in [-0.1, -0.05) is 15.9 Å². The maximum Gasteiger partial charge on any atom is 0.221 e. The molecule has 0 spiro atoms. The van der Waals surface area contributed by atoms with Crippen molar-refractivity contribution in [1.82, 2.24) is 0 Å². The molecule has 1 aliphatic rings. The van der Waals surface area contributed by atoms with Gasteiger partial charge in [0.25, 0.3) is 0 Å². The molecule has 3 rings (SSSR count). The van der Waals surface area contributed by atoms with Crippen LogP contribution in [0.15, 0.2) is 46.9 Å². The average Bonchev–Trinajstić information content (AvgIpc) is 2.46. The van der Waals surface area contributed by atoms with Gasteiger partial charge < -0.3 is 15.0 Å². The van der Waals surface area contributed by atoms with Crippen molar-refractivity contribution in [3.63, 3.8) is 0 Å². The summed E-state index contributed by atoms with van der Waals surface area (Å²) in [6, 6.07) is 13.8. The molecule has 0 saturated carbocycles. The van der Waals surface area contributed by atoms with E-state index in [1.165, 1.54) is 6.92 Å². The number of fused-ring (bicyclic) bond motifs is 1. The van der Waals surface area contributed by atoms with Crippen LogP contribution in [0.1, 0.15) is 12.5 Å². The third-order valence-corrected chi connectivity index (χ3v) is 3.84. The average molecular weight is 347 g/mol. The quantitative estimate of drug-likeness (QED) is 0.899. The topological polar surface area (TPSA) is 41.6 Å². The SMILES string of the molecule is CC(=O)Nc1ccc2c(c1)CN(c1ccc(Br)cc1)CO2. The maximum absolute atomic E-state index is 11.1. The molecule has 21 heavy (non-hydrogen) atoms. The van der Waals surface area contributed by atoms with Crippen LogP contribution in [0.3, 0.4) is 0 Å². The molecule has 2 aromatic carbocycles. The van der Waals surface area contributed by atoms with E-state index in [1.54, 1.807) is 0 Å². The Morgan fingerprint density at radius 1 is 1.24 bits per heavy atom. The Kier molecular flexibility index (Phi) is 3.84. The number of hydrogen-bond donors (Lipinski definition) is 1. The van der Waals surface area contributed by atoms with E-state index in [2.05, 4.69) is 38.3 Å². The summed E-state index contributed by atoms with van der Waals surface area (Å²) in [4.78, 5) is 13.3. The van der Waals surface area contributed by atoms with Crippen LogP contribution < -0.4 is 15.0 Å². The zero-order chi connectivity index (χ0) is 14.8. The van der Waals surface area contributed by atoms with Crippen LogP contribution in [-0.4, -0.2) is 12.6 Å². The zero-order valence-electron chi connectivity index (χ0n) is 11.6. The molecule has 1 amide bonds. The molecule has 0 unspecified atom stereocenters. The second kappa shape index (κ2) is 5.77. The first kappa shape index (κ1) is 13.9. The van der Waals surface area contributed by atoms with Crippen molar-refractivity contribution in [1.29, 1.82) is 0 Å². The highest BCUT2D eigenvalue weighted by atomic mass is 79.9. The first-order chi connectivity index (χ1) is 10.1. The molecule has 2 aromatic rings. The highest BCUT2D eigenvalue weighted by Crippen LogP contribution is 2.30. The van der Waals surface area contributed by atoms with E-state index >= 15 is 0 Å². The summed E-state index contributed by atoms with van der Waals surface area (Å²) in [6.45, 7) is 2.78. The molecule has 0 bridgehead atoms. The fraction of sp³-hybridized carbons (Fsp3) is 0.188. The molecule has 108 valence electrons. The first-order valence-electron chi connectivity index (χ1n) is 6.65. The van der Waals surface area contributed by atoms with E-state index in [1.807, 2.05) is 30.3 Å². The van der Waals surface area contributed by atoms with Gasteiger partial charge in [-0.3, -0.25) is 4.79 Å². The number of anilines is 2. The Morgan fingerprint density at radius 3 is 2.71 bits per heavy atom. The number of amides is 1. The van der Waals surface area contributed by atoms with Crippen LogP contribution in [0.4, 0.5) is 11.4 Å². The van der Waals surface area contributed by atoms with E-state index in [4.69, 9.17) is 4.74 Å². The smallest absolute Gasteiger partial charge is 0.221 e. The van der Waals surface area contributed by atoms with Crippen LogP contribution in [0.25, 0.3) is 0 Å². The molecular formula is C16H15BrN2O2. The van der Waals surface area contributed by atoms with Crippen molar-refractivity contribution in [2.45, 2.75) is 13.5 Å². The maximum atomic E-state index is 11.1. The Morgan fingerprint density at radius 2 is 2.00 bits per heavy atom. The highest BCUT2D eigenvalue weighted by Gasteiger charge is 2.18. The third-order valence-electron chi connectivity index (χ3n) is 3.31. The normalized spacial score (nSPS) is 13.3. The Balaban J connectivity index is 1.83. The summed E-state index contributed by atoms with van der Waals surface area (Å²) in [7, 11) is 0. The fourth-order valence-corrected chi connectivity index (χ4v) is 2.61. The van der Waals surface area contributed by atoms with E-state index in [9.17, 15) is 4.79 Å². The van der Waals surface area contributed by atoms with Gasteiger partial charge in [-0.05, 0) is 42.5 Å². The second-order valence-electron chi connectivity index (χ2n) is 4.95. The van der Waals surface area contributed by atoms with Gasteiger partial charge >= 0.3 is 0 Å². The Bertz CT molecular complexity index is 670. The highest BCUT2D eigenvalue weighted by molar-refractivity contribution is 9.10. The molecule has 4 nitrogen and oxygen atoms in total. The summed E-state index contributed by atoms with van der Waals surface area (Å²) in [5, 5.41) is 2.80. The Hall–Kier alpha value is -2.01. The van der Waals surface area contributed by atoms with Crippen molar-refractivity contribution in [2.75, 3.05) is 16.9 Å². The number of nitrogens with one attached hydrogen (secondary N) is 1. The minimum atomic E-state index is -0.0727. The number of rotatable bonds is 2. The van der Waals surface area contributed by atoms with Crippen molar-refractivity contribution in [3.8, 4) is 5.75 Å². The van der Waals surface area contributed by atoms with E-state index < -0.39 is 0 Å². The van der Waals surface area contributed by atoms with Crippen molar-refractivity contribution in [3.05, 3.63) is 52.5 Å². The van der Waals surface area contributed by atoms with Gasteiger partial charge in [0.1, 0.15) is 5.75 Å². The number of hydrogen-bond acceptors (Lipinski definition) is 3. The van der Waals surface area contributed by atoms with E-state index in [-0.39, 0.29) is 5.91 Å². The molecule has 0 aromatic heterocycles. The largest absolute Gasteiger partial charge is 0.473 e. The lowest BCUT2D eigenvalue weighted by atomic mass is 10.1. The summed E-state index contributed by atoms with van der Waals surface area (Å²) < 4.78 is 6.84. The number of ether oxygens (including phenoxy) is 1. The van der Waals surface area contributed by atoms with Crippen LogP contribution in [0, 0.1) is 0 Å². The molecule has 0 atom stereocenters. The lowest BCUT2D eigenvalue weighted by Crippen LogP contribution is -2.31. The molecule has 0 radical (unpaired) electrons. The molecule has 1 heterocycles. The lowest BCUT2D eigenvalue weighted by molar-refractivity contribution is -0.114. The number of nitrogens with zero attached hydrogens (tertiary/aromatic N) is 1. The molecular weight excluding hydrogens is 332 g/mol. The molecule has 0 fully saturated rings. The molecule has 1 aliphatic heterocycles. The van der Waals surface area contributed by atoms with Gasteiger partial charge in [0.15, 0.2) is 6.73 Å². The zero-order valence-corrected chi connectivity index (χ0v) is 13.2. The summed E-state index contributed by atoms with van der Waals surface area (Å²) in [5.41, 5.74) is 2.96. The van der Waals surface area contributed by atoms with Crippen LogP contribution >= 0.6 is 15.9 Å². The predicted molar refractivity (Wildman–Crippen MR) is 86.6 cm³/mol. The van der Waals surface area contributed by atoms with Crippen LogP contribution in [-0.2, 0) is 11.3 Å². The van der Waals surface area contributed by atoms with Crippen LogP contribution in [0.2, 0.25) is 0 Å². The van der Waals surface area contributed by atoms with Gasteiger partial charge in [-0.25, -0.2) is 0 Å². The van der Waals surface area contributed by atoms with Gasteiger partial charge in [0.2, 0.25) is 5.91 Å². The predicted octanol–water partition coefficient (Wildman–Crippen LogP) is 3.76. The van der Waals surface area contributed by atoms with Crippen molar-refractivity contribution < 1.29 is 9.53 Å². The minimum Gasteiger partial charge on any atom is -0.473 e. The monoisotopic (exact) mass is 346 g/mol. The summed E-state index contributed by atoms with van der Waals surface area (Å²) >= 11 is 3.44. The minimum absolute atomic E-state index is 0.0727. The Labute approximate surface area is 131 Å². The van der Waals surface area contributed by atoms with Crippen molar-refractivity contribution in [2.24, 2.45) is 0 Å².